The Morgan fingerprint density at radius 1 is 0.920 bits per heavy atom. The highest BCUT2D eigenvalue weighted by molar-refractivity contribution is 5.89. The molecule has 3 aromatic rings. The van der Waals surface area contributed by atoms with E-state index in [2.05, 4.69) is 6.58 Å². The normalized spacial score (nSPS) is 10.7. The van der Waals surface area contributed by atoms with Gasteiger partial charge in [-0.2, -0.15) is 0 Å². The molecule has 0 fully saturated rings. The molecule has 4 heteroatoms. The van der Waals surface area contributed by atoms with E-state index < -0.39 is 11.6 Å². The number of hydrogen-bond donors (Lipinski definition) is 0. The van der Waals surface area contributed by atoms with Crippen LogP contribution in [0.25, 0.3) is 21.9 Å². The van der Waals surface area contributed by atoms with Crippen molar-refractivity contribution < 1.29 is 18.3 Å². The van der Waals surface area contributed by atoms with Crippen LogP contribution in [0.15, 0.2) is 61.2 Å². The van der Waals surface area contributed by atoms with Gasteiger partial charge >= 0.3 is 0 Å². The van der Waals surface area contributed by atoms with E-state index in [1.54, 1.807) is 48.5 Å². The van der Waals surface area contributed by atoms with E-state index in [4.69, 9.17) is 9.47 Å². The summed E-state index contributed by atoms with van der Waals surface area (Å²) in [6, 6.07) is 13.5. The van der Waals surface area contributed by atoms with Crippen LogP contribution in [0.4, 0.5) is 8.78 Å². The number of fused-ring (bicyclic) bond motifs is 1. The summed E-state index contributed by atoms with van der Waals surface area (Å²) in [4.78, 5) is 0. The zero-order chi connectivity index (χ0) is 17.8. The highest BCUT2D eigenvalue weighted by Gasteiger charge is 2.15. The second kappa shape index (κ2) is 7.34. The third kappa shape index (κ3) is 3.48. The lowest BCUT2D eigenvalue weighted by Crippen LogP contribution is -1.95. The molecular formula is C21H18F2O2. The lowest BCUT2D eigenvalue weighted by Gasteiger charge is -2.11. The van der Waals surface area contributed by atoms with Crippen LogP contribution >= 0.6 is 0 Å². The van der Waals surface area contributed by atoms with Gasteiger partial charge in [0, 0.05) is 10.9 Å². The van der Waals surface area contributed by atoms with Gasteiger partial charge in [-0.05, 0) is 48.2 Å². The molecule has 128 valence electrons. The monoisotopic (exact) mass is 340 g/mol. The highest BCUT2D eigenvalue weighted by Crippen LogP contribution is 2.33. The minimum Gasteiger partial charge on any atom is -0.494 e. The molecule has 0 aliphatic heterocycles. The van der Waals surface area contributed by atoms with Crippen molar-refractivity contribution in [3.8, 4) is 22.6 Å². The van der Waals surface area contributed by atoms with Crippen LogP contribution in [0, 0.1) is 11.6 Å². The van der Waals surface area contributed by atoms with Gasteiger partial charge in [-0.1, -0.05) is 30.9 Å². The molecule has 0 amide bonds. The number of hydrogen-bond acceptors (Lipinski definition) is 2. The van der Waals surface area contributed by atoms with Crippen LogP contribution < -0.4 is 9.47 Å². The molecule has 0 unspecified atom stereocenters. The van der Waals surface area contributed by atoms with Gasteiger partial charge in [-0.3, -0.25) is 0 Å². The summed E-state index contributed by atoms with van der Waals surface area (Å²) in [5, 5.41) is 0.822. The van der Waals surface area contributed by atoms with Gasteiger partial charge in [0.2, 0.25) is 0 Å². The fraction of sp³-hybridized carbons (Fsp3) is 0.143. The Morgan fingerprint density at radius 3 is 2.32 bits per heavy atom. The zero-order valence-corrected chi connectivity index (χ0v) is 13.9. The van der Waals surface area contributed by atoms with Crippen molar-refractivity contribution >= 4 is 10.8 Å². The maximum absolute atomic E-state index is 14.6. The fourth-order valence-electron chi connectivity index (χ4n) is 2.66. The maximum atomic E-state index is 14.6. The van der Waals surface area contributed by atoms with Gasteiger partial charge in [-0.15, -0.1) is 0 Å². The van der Waals surface area contributed by atoms with Crippen LogP contribution in [0.5, 0.6) is 11.5 Å². The first-order valence-corrected chi connectivity index (χ1v) is 8.02. The first-order valence-electron chi connectivity index (χ1n) is 8.02. The predicted molar refractivity (Wildman–Crippen MR) is 96.2 cm³/mol. The SMILES string of the molecule is C=CCOc1ccc(-c2cc3ccc(OCC)cc3c(F)c2F)cc1. The molecule has 0 radical (unpaired) electrons. The fourth-order valence-corrected chi connectivity index (χ4v) is 2.66. The van der Waals surface area contributed by atoms with Crippen LogP contribution in [-0.4, -0.2) is 13.2 Å². The summed E-state index contributed by atoms with van der Waals surface area (Å²) in [6.45, 7) is 6.28. The topological polar surface area (TPSA) is 18.5 Å². The van der Waals surface area contributed by atoms with Crippen LogP contribution in [-0.2, 0) is 0 Å². The Morgan fingerprint density at radius 2 is 1.64 bits per heavy atom. The number of benzene rings is 3. The Bertz CT molecular complexity index is 902. The molecule has 25 heavy (non-hydrogen) atoms. The summed E-state index contributed by atoms with van der Waals surface area (Å²) >= 11 is 0. The Balaban J connectivity index is 2.03. The van der Waals surface area contributed by atoms with E-state index >= 15 is 0 Å². The molecule has 0 spiro atoms. The smallest absolute Gasteiger partial charge is 0.167 e. The Hall–Kier alpha value is -2.88. The first kappa shape index (κ1) is 17.0. The van der Waals surface area contributed by atoms with Crippen molar-refractivity contribution in [3.05, 3.63) is 72.8 Å². The Kier molecular flexibility index (Phi) is 4.98. The van der Waals surface area contributed by atoms with E-state index in [1.807, 2.05) is 6.92 Å². The summed E-state index contributed by atoms with van der Waals surface area (Å²) in [6.07, 6.45) is 1.64. The van der Waals surface area contributed by atoms with Crippen molar-refractivity contribution in [2.45, 2.75) is 6.92 Å². The molecule has 0 heterocycles. The summed E-state index contributed by atoms with van der Waals surface area (Å²) in [7, 11) is 0. The van der Waals surface area contributed by atoms with Crippen LogP contribution in [0.3, 0.4) is 0 Å². The highest BCUT2D eigenvalue weighted by atomic mass is 19.2. The number of halogens is 2. The quantitative estimate of drug-likeness (QED) is 0.532. The second-order valence-corrected chi connectivity index (χ2v) is 5.49. The first-order chi connectivity index (χ1) is 12.1. The molecule has 0 saturated heterocycles. The lowest BCUT2D eigenvalue weighted by molar-refractivity contribution is 0.340. The molecule has 0 bridgehead atoms. The van der Waals surface area contributed by atoms with E-state index in [-0.39, 0.29) is 10.9 Å². The number of rotatable bonds is 6. The summed E-state index contributed by atoms with van der Waals surface area (Å²) < 4.78 is 39.9. The van der Waals surface area contributed by atoms with Gasteiger partial charge in [0.25, 0.3) is 0 Å². The number of ether oxygens (including phenoxy) is 2. The van der Waals surface area contributed by atoms with Crippen LogP contribution in [0.2, 0.25) is 0 Å². The maximum Gasteiger partial charge on any atom is 0.167 e. The minimum absolute atomic E-state index is 0.207. The molecule has 0 saturated carbocycles. The minimum atomic E-state index is -0.874. The molecule has 0 aromatic heterocycles. The summed E-state index contributed by atoms with van der Waals surface area (Å²) in [5.74, 6) is -0.585. The van der Waals surface area contributed by atoms with Crippen molar-refractivity contribution in [3.63, 3.8) is 0 Å². The average molecular weight is 340 g/mol. The van der Waals surface area contributed by atoms with Gasteiger partial charge in [0.1, 0.15) is 18.1 Å². The van der Waals surface area contributed by atoms with E-state index in [9.17, 15) is 8.78 Å². The van der Waals surface area contributed by atoms with E-state index in [0.29, 0.717) is 35.7 Å². The van der Waals surface area contributed by atoms with Crippen molar-refractivity contribution in [2.75, 3.05) is 13.2 Å². The predicted octanol–water partition coefficient (Wildman–Crippen LogP) is 5.75. The molecule has 3 aromatic carbocycles. The third-order valence-electron chi connectivity index (χ3n) is 3.83. The van der Waals surface area contributed by atoms with Crippen molar-refractivity contribution in [1.29, 1.82) is 0 Å². The van der Waals surface area contributed by atoms with Crippen LogP contribution in [0.1, 0.15) is 6.92 Å². The molecule has 0 N–H and O–H groups in total. The van der Waals surface area contributed by atoms with Crippen molar-refractivity contribution in [2.24, 2.45) is 0 Å². The van der Waals surface area contributed by atoms with E-state index in [0.717, 1.165) is 0 Å². The van der Waals surface area contributed by atoms with Gasteiger partial charge in [0.05, 0.1) is 6.61 Å². The third-order valence-corrected chi connectivity index (χ3v) is 3.83. The molecular weight excluding hydrogens is 322 g/mol. The Labute approximate surface area is 145 Å². The lowest BCUT2D eigenvalue weighted by atomic mass is 9.99. The molecule has 0 aliphatic rings. The molecule has 0 aliphatic carbocycles. The summed E-state index contributed by atoms with van der Waals surface area (Å²) in [5.41, 5.74) is 0.794. The van der Waals surface area contributed by atoms with Crippen molar-refractivity contribution in [1.82, 2.24) is 0 Å². The van der Waals surface area contributed by atoms with Gasteiger partial charge in [-0.25, -0.2) is 8.78 Å². The van der Waals surface area contributed by atoms with Gasteiger partial charge in [0.15, 0.2) is 11.6 Å². The standard InChI is InChI=1S/C21H18F2O2/c1-3-11-25-16-8-5-14(6-9-16)18-12-15-7-10-17(24-4-2)13-19(15)21(23)20(18)22/h3,5-10,12-13H,1,4,11H2,2H3. The van der Waals surface area contributed by atoms with Gasteiger partial charge < -0.3 is 9.47 Å². The van der Waals surface area contributed by atoms with E-state index in [1.165, 1.54) is 6.07 Å². The largest absolute Gasteiger partial charge is 0.494 e. The second-order valence-electron chi connectivity index (χ2n) is 5.49. The molecule has 3 rings (SSSR count). The average Bonchev–Trinajstić information content (AvgIpc) is 2.64. The molecule has 0 atom stereocenters. The zero-order valence-electron chi connectivity index (χ0n) is 13.9. The molecule has 2 nitrogen and oxygen atoms in total.